The van der Waals surface area contributed by atoms with Crippen molar-refractivity contribution in [1.82, 2.24) is 4.90 Å². The summed E-state index contributed by atoms with van der Waals surface area (Å²) in [6.07, 6.45) is 1.85. The molecule has 2 atom stereocenters. The van der Waals surface area contributed by atoms with Gasteiger partial charge in [0.25, 0.3) is 0 Å². The Morgan fingerprint density at radius 3 is 2.22 bits per heavy atom. The van der Waals surface area contributed by atoms with E-state index in [1.165, 1.54) is 5.56 Å². The van der Waals surface area contributed by atoms with E-state index in [1.54, 1.807) is 0 Å². The molecule has 2 aromatic rings. The Bertz CT molecular complexity index is 750. The quantitative estimate of drug-likeness (QED) is 0.453. The predicted molar refractivity (Wildman–Crippen MR) is 117 cm³/mol. The van der Waals surface area contributed by atoms with Crippen LogP contribution in [0.2, 0.25) is 0 Å². The Morgan fingerprint density at radius 1 is 1.04 bits per heavy atom. The first-order valence-electron chi connectivity index (χ1n) is 9.88. The number of hydrogen-bond donors (Lipinski definition) is 0. The van der Waals surface area contributed by atoms with E-state index in [-0.39, 0.29) is 5.92 Å². The third-order valence-electron chi connectivity index (χ3n) is 5.75. The molecular formula is C24H31BrN2. The van der Waals surface area contributed by atoms with E-state index < -0.39 is 5.41 Å². The van der Waals surface area contributed by atoms with Crippen LogP contribution in [-0.2, 0) is 12.0 Å². The van der Waals surface area contributed by atoms with Crippen LogP contribution >= 0.6 is 15.9 Å². The number of benzene rings is 2. The van der Waals surface area contributed by atoms with Crippen molar-refractivity contribution in [2.24, 2.45) is 5.92 Å². The molecule has 0 aromatic heterocycles. The monoisotopic (exact) mass is 426 g/mol. The van der Waals surface area contributed by atoms with Gasteiger partial charge in [-0.25, -0.2) is 0 Å². The van der Waals surface area contributed by atoms with Gasteiger partial charge in [0.15, 0.2) is 0 Å². The van der Waals surface area contributed by atoms with Crippen LogP contribution < -0.4 is 0 Å². The largest absolute Gasteiger partial charge is 0.297 e. The third kappa shape index (κ3) is 5.21. The average molecular weight is 427 g/mol. The number of nitriles is 1. The maximum absolute atomic E-state index is 10.2. The summed E-state index contributed by atoms with van der Waals surface area (Å²) < 4.78 is 1.03. The molecule has 0 aliphatic carbocycles. The van der Waals surface area contributed by atoms with E-state index in [0.29, 0.717) is 6.04 Å². The van der Waals surface area contributed by atoms with Gasteiger partial charge in [-0.3, -0.25) is 4.90 Å². The molecule has 144 valence electrons. The maximum atomic E-state index is 10.2. The molecule has 2 unspecified atom stereocenters. The molecule has 0 N–H and O–H groups in total. The Kier molecular flexibility index (Phi) is 8.07. The first kappa shape index (κ1) is 21.7. The summed E-state index contributed by atoms with van der Waals surface area (Å²) in [7, 11) is 0. The highest BCUT2D eigenvalue weighted by atomic mass is 79.9. The molecule has 0 saturated heterocycles. The van der Waals surface area contributed by atoms with E-state index in [2.05, 4.69) is 91.0 Å². The second kappa shape index (κ2) is 10.1. The highest BCUT2D eigenvalue weighted by Gasteiger charge is 2.37. The van der Waals surface area contributed by atoms with Crippen LogP contribution in [0.5, 0.6) is 0 Å². The minimum atomic E-state index is -0.472. The Hall–Kier alpha value is -1.63. The molecule has 3 heteroatoms. The maximum Gasteiger partial charge on any atom is 0.0856 e. The first-order chi connectivity index (χ1) is 12.9. The van der Waals surface area contributed by atoms with Crippen LogP contribution in [-0.4, -0.2) is 17.5 Å². The van der Waals surface area contributed by atoms with Crippen LogP contribution in [0.25, 0.3) is 0 Å². The van der Waals surface area contributed by atoms with Crippen molar-refractivity contribution >= 4 is 15.9 Å². The zero-order chi connectivity index (χ0) is 19.9. The third-order valence-corrected chi connectivity index (χ3v) is 6.45. The van der Waals surface area contributed by atoms with Crippen molar-refractivity contribution in [3.05, 3.63) is 70.2 Å². The molecule has 0 saturated carbocycles. The number of hydrogen-bond acceptors (Lipinski definition) is 2. The zero-order valence-corrected chi connectivity index (χ0v) is 18.5. The molecule has 0 aliphatic heterocycles. The van der Waals surface area contributed by atoms with Crippen LogP contribution in [0.4, 0.5) is 0 Å². The van der Waals surface area contributed by atoms with Crippen LogP contribution in [0, 0.1) is 17.2 Å². The number of nitrogens with zero attached hydrogens (tertiary/aromatic N) is 2. The van der Waals surface area contributed by atoms with E-state index >= 15 is 0 Å². The summed E-state index contributed by atoms with van der Waals surface area (Å²) in [6.45, 7) is 10.8. The minimum absolute atomic E-state index is 0.248. The molecule has 0 fully saturated rings. The fourth-order valence-electron chi connectivity index (χ4n) is 3.82. The fraction of sp³-hybridized carbons (Fsp3) is 0.458. The first-order valence-corrected chi connectivity index (χ1v) is 10.7. The van der Waals surface area contributed by atoms with Gasteiger partial charge in [0, 0.05) is 17.1 Å². The van der Waals surface area contributed by atoms with Crippen LogP contribution in [0.1, 0.15) is 51.7 Å². The van der Waals surface area contributed by atoms with Gasteiger partial charge in [0.1, 0.15) is 0 Å². The Labute approximate surface area is 173 Å². The summed E-state index contributed by atoms with van der Waals surface area (Å²) >= 11 is 3.67. The molecule has 2 nitrogen and oxygen atoms in total. The summed E-state index contributed by atoms with van der Waals surface area (Å²) in [6, 6.07) is 21.9. The smallest absolute Gasteiger partial charge is 0.0856 e. The van der Waals surface area contributed by atoms with Gasteiger partial charge in [-0.05, 0) is 49.4 Å². The molecule has 0 radical (unpaired) electrons. The van der Waals surface area contributed by atoms with Gasteiger partial charge in [0.05, 0.1) is 11.5 Å². The summed E-state index contributed by atoms with van der Waals surface area (Å²) in [4.78, 5) is 2.50. The summed E-state index contributed by atoms with van der Waals surface area (Å²) in [5, 5.41) is 10.2. The van der Waals surface area contributed by atoms with Gasteiger partial charge in [-0.2, -0.15) is 5.26 Å². The van der Waals surface area contributed by atoms with Gasteiger partial charge in [0.2, 0.25) is 0 Å². The van der Waals surface area contributed by atoms with Crippen molar-refractivity contribution in [2.75, 3.05) is 6.54 Å². The van der Waals surface area contributed by atoms with Crippen LogP contribution in [0.15, 0.2) is 59.1 Å². The number of rotatable bonds is 9. The van der Waals surface area contributed by atoms with E-state index in [9.17, 15) is 5.26 Å². The second-order valence-electron chi connectivity index (χ2n) is 7.65. The average Bonchev–Trinajstić information content (AvgIpc) is 2.68. The lowest BCUT2D eigenvalue weighted by atomic mass is 9.69. The van der Waals surface area contributed by atoms with Crippen molar-refractivity contribution < 1.29 is 0 Å². The molecule has 2 aromatic carbocycles. The molecular weight excluding hydrogens is 396 g/mol. The van der Waals surface area contributed by atoms with Gasteiger partial charge < -0.3 is 0 Å². The Balaban J connectivity index is 2.16. The lowest BCUT2D eigenvalue weighted by Gasteiger charge is -2.35. The molecule has 0 bridgehead atoms. The lowest BCUT2D eigenvalue weighted by Crippen LogP contribution is -2.37. The fourth-order valence-corrected chi connectivity index (χ4v) is 4.46. The summed E-state index contributed by atoms with van der Waals surface area (Å²) in [5.41, 5.74) is 1.98. The normalized spacial score (nSPS) is 14.7. The Morgan fingerprint density at radius 2 is 1.67 bits per heavy atom. The standard InChI is InChI=1S/C24H31BrN2/c1-5-27(17-21-11-7-6-8-12-21)20(4)15-16-24(18-26,19(2)3)22-13-9-10-14-23(22)25/h6-14,19-20H,5,15-17H2,1-4H3. The predicted octanol–water partition coefficient (Wildman–Crippen LogP) is 6.56. The van der Waals surface area contributed by atoms with Gasteiger partial charge in [-0.15, -0.1) is 0 Å². The highest BCUT2D eigenvalue weighted by Crippen LogP contribution is 2.40. The minimum Gasteiger partial charge on any atom is -0.297 e. The van der Waals surface area contributed by atoms with Crippen molar-refractivity contribution in [2.45, 2.75) is 58.5 Å². The van der Waals surface area contributed by atoms with E-state index in [4.69, 9.17) is 0 Å². The number of halogens is 1. The van der Waals surface area contributed by atoms with E-state index in [0.717, 1.165) is 36.0 Å². The van der Waals surface area contributed by atoms with Crippen molar-refractivity contribution in [3.8, 4) is 6.07 Å². The summed E-state index contributed by atoms with van der Waals surface area (Å²) in [5.74, 6) is 0.248. The molecule has 2 rings (SSSR count). The highest BCUT2D eigenvalue weighted by molar-refractivity contribution is 9.10. The molecule has 0 aliphatic rings. The van der Waals surface area contributed by atoms with E-state index in [1.807, 2.05) is 18.2 Å². The molecule has 0 amide bonds. The lowest BCUT2D eigenvalue weighted by molar-refractivity contribution is 0.186. The van der Waals surface area contributed by atoms with Gasteiger partial charge in [-0.1, -0.05) is 85.2 Å². The second-order valence-corrected chi connectivity index (χ2v) is 8.51. The zero-order valence-electron chi connectivity index (χ0n) is 17.0. The molecule has 0 spiro atoms. The topological polar surface area (TPSA) is 27.0 Å². The molecule has 0 heterocycles. The van der Waals surface area contributed by atoms with Crippen molar-refractivity contribution in [3.63, 3.8) is 0 Å². The SMILES string of the molecule is CCN(Cc1ccccc1)C(C)CCC(C#N)(c1ccccc1Br)C(C)C. The van der Waals surface area contributed by atoms with Crippen molar-refractivity contribution in [1.29, 1.82) is 5.26 Å². The molecule has 27 heavy (non-hydrogen) atoms. The van der Waals surface area contributed by atoms with Gasteiger partial charge >= 0.3 is 0 Å². The van der Waals surface area contributed by atoms with Crippen LogP contribution in [0.3, 0.4) is 0 Å².